The summed E-state index contributed by atoms with van der Waals surface area (Å²) in [6.07, 6.45) is -1.05. The van der Waals surface area contributed by atoms with Crippen LogP contribution in [-0.4, -0.2) is 86.4 Å². The number of piperidine rings is 1. The lowest BCUT2D eigenvalue weighted by atomic mass is 9.84. The van der Waals surface area contributed by atoms with Gasteiger partial charge in [-0.25, -0.2) is 13.2 Å². The number of hydrogen-bond donors (Lipinski definition) is 0. The zero-order valence-corrected chi connectivity index (χ0v) is 26.1. The maximum atomic E-state index is 14.7. The molecule has 0 radical (unpaired) electrons. The van der Waals surface area contributed by atoms with Crippen molar-refractivity contribution in [3.8, 4) is 29.5 Å². The third-order valence-electron chi connectivity index (χ3n) is 8.56. The molecule has 46 heavy (non-hydrogen) atoms. The van der Waals surface area contributed by atoms with Crippen molar-refractivity contribution < 1.29 is 32.0 Å². The normalized spacial score (nSPS) is 22.7. The highest BCUT2D eigenvalue weighted by Gasteiger charge is 2.37. The van der Waals surface area contributed by atoms with E-state index in [1.54, 1.807) is 32.0 Å². The quantitative estimate of drug-likeness (QED) is 0.281. The summed E-state index contributed by atoms with van der Waals surface area (Å²) >= 11 is 0. The van der Waals surface area contributed by atoms with Gasteiger partial charge in [0.15, 0.2) is 5.83 Å². The topological polar surface area (TPSA) is 130 Å². The molecule has 4 heterocycles. The third-order valence-corrected chi connectivity index (χ3v) is 8.56. The highest BCUT2D eigenvalue weighted by molar-refractivity contribution is 5.90. The number of nitriles is 1. The Hall–Kier alpha value is -4.51. The van der Waals surface area contributed by atoms with Gasteiger partial charge in [-0.1, -0.05) is 29.9 Å². The highest BCUT2D eigenvalue weighted by Crippen LogP contribution is 2.34. The molecule has 1 aromatic carbocycles. The maximum Gasteiger partial charge on any atom is 0.282 e. The molecular weight excluding hydrogens is 603 g/mol. The summed E-state index contributed by atoms with van der Waals surface area (Å²) in [5.74, 6) is -2.00. The van der Waals surface area contributed by atoms with Gasteiger partial charge >= 0.3 is 0 Å². The van der Waals surface area contributed by atoms with Gasteiger partial charge in [-0.15, -0.1) is 0 Å². The fourth-order valence-corrected chi connectivity index (χ4v) is 6.07. The molecular formula is C32H36F3N7O4. The van der Waals surface area contributed by atoms with Crippen molar-refractivity contribution in [1.29, 1.82) is 5.26 Å². The molecule has 14 heteroatoms. The Morgan fingerprint density at radius 1 is 1.22 bits per heavy atom. The fourth-order valence-electron chi connectivity index (χ4n) is 6.07. The summed E-state index contributed by atoms with van der Waals surface area (Å²) in [5.41, 5.74) is -0.624. The van der Waals surface area contributed by atoms with E-state index in [2.05, 4.69) is 26.7 Å². The largest absolute Gasteiger partial charge is 0.474 e. The average Bonchev–Trinajstić information content (AvgIpc) is 3.64. The predicted octanol–water partition coefficient (Wildman–Crippen LogP) is 4.94. The zero-order chi connectivity index (χ0) is 33.2. The summed E-state index contributed by atoms with van der Waals surface area (Å²) in [4.78, 5) is 29.0. The SMILES string of the molecule is C=C(F)C(=O)N1CC[C@H](Oc2cc(O[C@@H](C)[C@@H]3C[C@H](F)CN3C)nc(-c3noc(C(C)(C)c4ccccc4F)n3)n2)C[C@H]1CC#N. The van der Waals surface area contributed by atoms with Gasteiger partial charge in [-0.05, 0) is 40.3 Å². The average molecular weight is 640 g/mol. The van der Waals surface area contributed by atoms with Crippen LogP contribution >= 0.6 is 0 Å². The van der Waals surface area contributed by atoms with E-state index < -0.39 is 47.4 Å². The minimum absolute atomic E-state index is 0.00778. The van der Waals surface area contributed by atoms with E-state index >= 15 is 0 Å². The van der Waals surface area contributed by atoms with Crippen LogP contribution in [0.25, 0.3) is 11.6 Å². The minimum atomic E-state index is -1.09. The molecule has 0 saturated carbocycles. The first-order valence-electron chi connectivity index (χ1n) is 15.1. The van der Waals surface area contributed by atoms with Crippen LogP contribution in [-0.2, 0) is 10.2 Å². The Balaban J connectivity index is 1.44. The third kappa shape index (κ3) is 6.99. The van der Waals surface area contributed by atoms with Gasteiger partial charge in [0, 0.05) is 43.6 Å². The van der Waals surface area contributed by atoms with Crippen LogP contribution in [0.4, 0.5) is 13.2 Å². The molecule has 11 nitrogen and oxygen atoms in total. The Kier molecular flexibility index (Phi) is 9.62. The summed E-state index contributed by atoms with van der Waals surface area (Å²) < 4.78 is 60.4. The van der Waals surface area contributed by atoms with Gasteiger partial charge in [0.2, 0.25) is 29.3 Å². The second kappa shape index (κ2) is 13.5. The Labute approximate surface area is 265 Å². The highest BCUT2D eigenvalue weighted by atomic mass is 19.1. The van der Waals surface area contributed by atoms with Crippen molar-refractivity contribution in [3.05, 3.63) is 60.0 Å². The number of carbonyl (C=O) groups excluding carboxylic acids is 1. The lowest BCUT2D eigenvalue weighted by Gasteiger charge is -2.38. The molecule has 2 fully saturated rings. The number of carbonyl (C=O) groups is 1. The predicted molar refractivity (Wildman–Crippen MR) is 160 cm³/mol. The number of amides is 1. The lowest BCUT2D eigenvalue weighted by molar-refractivity contribution is -0.133. The molecule has 3 aromatic rings. The van der Waals surface area contributed by atoms with Gasteiger partial charge in [0.05, 0.1) is 24.0 Å². The summed E-state index contributed by atoms with van der Waals surface area (Å²) in [5, 5.41) is 13.4. The molecule has 2 saturated heterocycles. The molecule has 5 atom stereocenters. The standard InChI is InChI=1S/C32H36F3N7O4/c1-18(33)30(43)42-13-11-22(15-21(42)10-12-36)45-27-16-26(44-19(2)25-14-20(34)17-41(25)5)37-28(38-27)29-39-31(46-40-29)32(3,4)23-8-6-7-9-24(23)35/h6-9,16,19-22,25H,1,10-11,13-15,17H2,2-5H3/t19-,20-,21+,22-,25-/m0/s1. The number of benzene rings is 1. The monoisotopic (exact) mass is 639 g/mol. The van der Waals surface area contributed by atoms with E-state index in [0.717, 1.165) is 0 Å². The van der Waals surface area contributed by atoms with Crippen molar-refractivity contribution in [1.82, 2.24) is 29.9 Å². The molecule has 2 aliphatic rings. The number of rotatable bonds is 10. The molecule has 5 rings (SSSR count). The smallest absolute Gasteiger partial charge is 0.282 e. The number of hydrogen-bond acceptors (Lipinski definition) is 10. The van der Waals surface area contributed by atoms with Crippen LogP contribution in [0.15, 0.2) is 47.3 Å². The van der Waals surface area contributed by atoms with Gasteiger partial charge in [0.25, 0.3) is 5.91 Å². The Morgan fingerprint density at radius 2 is 1.96 bits per heavy atom. The molecule has 0 spiro atoms. The number of likely N-dealkylation sites (tertiary alicyclic amines) is 2. The summed E-state index contributed by atoms with van der Waals surface area (Å²) in [6.45, 7) is 8.87. The first-order valence-corrected chi connectivity index (χ1v) is 15.1. The lowest BCUT2D eigenvalue weighted by Crippen LogP contribution is -2.48. The number of aromatic nitrogens is 4. The first kappa shape index (κ1) is 32.9. The van der Waals surface area contributed by atoms with Gasteiger partial charge in [-0.2, -0.15) is 20.2 Å². The van der Waals surface area contributed by atoms with Gasteiger partial charge < -0.3 is 18.9 Å². The van der Waals surface area contributed by atoms with Crippen LogP contribution in [0, 0.1) is 17.1 Å². The van der Waals surface area contributed by atoms with Crippen LogP contribution in [0.1, 0.15) is 57.9 Å². The molecule has 2 aliphatic heterocycles. The molecule has 1 amide bonds. The van der Waals surface area contributed by atoms with Crippen LogP contribution in [0.3, 0.4) is 0 Å². The van der Waals surface area contributed by atoms with Crippen LogP contribution in [0.5, 0.6) is 11.8 Å². The van der Waals surface area contributed by atoms with Crippen LogP contribution < -0.4 is 9.47 Å². The number of alkyl halides is 1. The summed E-state index contributed by atoms with van der Waals surface area (Å²) in [6, 6.07) is 9.05. The molecule has 0 aliphatic carbocycles. The second-order valence-corrected chi connectivity index (χ2v) is 12.2. The van der Waals surface area contributed by atoms with E-state index in [4.69, 9.17) is 14.0 Å². The molecule has 244 valence electrons. The van der Waals surface area contributed by atoms with E-state index in [0.29, 0.717) is 24.9 Å². The van der Waals surface area contributed by atoms with Crippen molar-refractivity contribution in [3.63, 3.8) is 0 Å². The van der Waals surface area contributed by atoms with E-state index in [-0.39, 0.29) is 54.7 Å². The molecule has 0 unspecified atom stereocenters. The first-order chi connectivity index (χ1) is 21.9. The molecule has 0 bridgehead atoms. The second-order valence-electron chi connectivity index (χ2n) is 12.2. The Morgan fingerprint density at radius 3 is 2.63 bits per heavy atom. The number of nitrogens with zero attached hydrogens (tertiary/aromatic N) is 7. The van der Waals surface area contributed by atoms with Gasteiger partial charge in [-0.3, -0.25) is 9.69 Å². The van der Waals surface area contributed by atoms with E-state index in [1.807, 2.05) is 24.9 Å². The minimum Gasteiger partial charge on any atom is -0.474 e. The van der Waals surface area contributed by atoms with Gasteiger partial charge in [0.1, 0.15) is 24.2 Å². The van der Waals surface area contributed by atoms with Crippen molar-refractivity contribution in [2.24, 2.45) is 0 Å². The number of likely N-dealkylation sites (N-methyl/N-ethyl adjacent to an activating group) is 1. The number of ether oxygens (including phenoxy) is 2. The maximum absolute atomic E-state index is 14.7. The van der Waals surface area contributed by atoms with Crippen molar-refractivity contribution in [2.75, 3.05) is 20.1 Å². The molecule has 2 aromatic heterocycles. The fraction of sp³-hybridized carbons (Fsp3) is 0.500. The van der Waals surface area contributed by atoms with Crippen molar-refractivity contribution in [2.45, 2.75) is 82.3 Å². The zero-order valence-electron chi connectivity index (χ0n) is 26.1. The number of halogens is 3. The Bertz CT molecular complexity index is 1630. The summed E-state index contributed by atoms with van der Waals surface area (Å²) in [7, 11) is 1.83. The van der Waals surface area contributed by atoms with E-state index in [9.17, 15) is 23.2 Å². The molecule has 0 N–H and O–H groups in total. The van der Waals surface area contributed by atoms with Crippen molar-refractivity contribution >= 4 is 5.91 Å². The van der Waals surface area contributed by atoms with E-state index in [1.165, 1.54) is 17.0 Å². The van der Waals surface area contributed by atoms with Crippen LogP contribution in [0.2, 0.25) is 0 Å².